The predicted octanol–water partition coefficient (Wildman–Crippen LogP) is 4.17. The molecule has 34 heavy (non-hydrogen) atoms. The number of aryl methyl sites for hydroxylation is 1. The summed E-state index contributed by atoms with van der Waals surface area (Å²) in [6, 6.07) is 11.9. The van der Waals surface area contributed by atoms with E-state index in [0.717, 1.165) is 24.2 Å². The fraction of sp³-hybridized carbons (Fsp3) is 0.407. The Labute approximate surface area is 201 Å². The van der Waals surface area contributed by atoms with Crippen LogP contribution in [0.2, 0.25) is 0 Å². The van der Waals surface area contributed by atoms with E-state index >= 15 is 0 Å². The van der Waals surface area contributed by atoms with Gasteiger partial charge in [0, 0.05) is 18.7 Å². The van der Waals surface area contributed by atoms with Crippen LogP contribution >= 0.6 is 0 Å². The molecule has 0 bridgehead atoms. The Balaban J connectivity index is 2.10. The van der Waals surface area contributed by atoms with Crippen LogP contribution in [0.1, 0.15) is 43.5 Å². The molecule has 0 spiro atoms. The predicted molar refractivity (Wildman–Crippen MR) is 132 cm³/mol. The van der Waals surface area contributed by atoms with Crippen molar-refractivity contribution < 1.29 is 24.2 Å². The third-order valence-corrected chi connectivity index (χ3v) is 6.29. The monoisotopic (exact) mass is 466 g/mol. The van der Waals surface area contributed by atoms with Crippen LogP contribution in [0.15, 0.2) is 48.0 Å². The van der Waals surface area contributed by atoms with E-state index in [1.807, 2.05) is 32.0 Å². The van der Waals surface area contributed by atoms with Gasteiger partial charge >= 0.3 is 0 Å². The maximum absolute atomic E-state index is 13.2. The fourth-order valence-corrected chi connectivity index (χ4v) is 4.34. The normalized spacial score (nSPS) is 17.5. The zero-order valence-electron chi connectivity index (χ0n) is 20.6. The Morgan fingerprint density at radius 3 is 2.24 bits per heavy atom. The van der Waals surface area contributed by atoms with Crippen molar-refractivity contribution in [3.8, 4) is 11.5 Å². The van der Waals surface area contributed by atoms with Crippen LogP contribution < -0.4 is 9.47 Å². The van der Waals surface area contributed by atoms with Gasteiger partial charge in [0.05, 0.1) is 25.3 Å². The van der Waals surface area contributed by atoms with E-state index in [1.165, 1.54) is 0 Å². The number of carbonyl (C=O) groups is 2. The van der Waals surface area contributed by atoms with E-state index < -0.39 is 17.7 Å². The van der Waals surface area contributed by atoms with E-state index in [1.54, 1.807) is 36.3 Å². The Morgan fingerprint density at radius 2 is 1.68 bits per heavy atom. The SMILES string of the molecule is CCOc1ccc(C(O)=C2C(=O)C(=O)N(CCN(CC)CC)[C@@H]2c2ccc(OC)cc2)c(C)c1. The number of nitrogens with zero attached hydrogens (tertiary/aromatic N) is 2. The summed E-state index contributed by atoms with van der Waals surface area (Å²) in [6.45, 7) is 11.1. The quantitative estimate of drug-likeness (QED) is 0.322. The Hall–Kier alpha value is -3.32. The molecule has 3 rings (SSSR count). The first-order valence-corrected chi connectivity index (χ1v) is 11.7. The summed E-state index contributed by atoms with van der Waals surface area (Å²) in [7, 11) is 1.58. The third kappa shape index (κ3) is 5.09. The molecule has 1 N–H and O–H groups in total. The number of likely N-dealkylation sites (N-methyl/N-ethyl adjacent to an activating group) is 1. The molecule has 7 nitrogen and oxygen atoms in total. The van der Waals surface area contributed by atoms with Crippen LogP contribution in [-0.4, -0.2) is 66.5 Å². The first-order valence-electron chi connectivity index (χ1n) is 11.7. The zero-order chi connectivity index (χ0) is 24.8. The minimum Gasteiger partial charge on any atom is -0.507 e. The number of methoxy groups -OCH3 is 1. The molecule has 1 atom stereocenters. The lowest BCUT2D eigenvalue weighted by Gasteiger charge is -2.28. The van der Waals surface area contributed by atoms with Crippen LogP contribution in [0.25, 0.3) is 5.76 Å². The van der Waals surface area contributed by atoms with Crippen molar-refractivity contribution in [3.05, 3.63) is 64.7 Å². The molecule has 1 aliphatic rings. The van der Waals surface area contributed by atoms with Crippen LogP contribution in [0.5, 0.6) is 11.5 Å². The van der Waals surface area contributed by atoms with Crippen molar-refractivity contribution in [1.29, 1.82) is 0 Å². The molecular formula is C27H34N2O5. The van der Waals surface area contributed by atoms with Gasteiger partial charge in [-0.05, 0) is 68.4 Å². The molecule has 2 aromatic rings. The Bertz CT molecular complexity index is 1060. The van der Waals surface area contributed by atoms with Crippen molar-refractivity contribution in [1.82, 2.24) is 9.80 Å². The number of ketones is 1. The molecule has 1 amide bonds. The number of rotatable bonds is 10. The third-order valence-electron chi connectivity index (χ3n) is 6.29. The molecule has 1 saturated heterocycles. The van der Waals surface area contributed by atoms with E-state index in [9.17, 15) is 14.7 Å². The molecule has 7 heteroatoms. The topological polar surface area (TPSA) is 79.3 Å². The largest absolute Gasteiger partial charge is 0.507 e. The molecule has 0 aromatic heterocycles. The van der Waals surface area contributed by atoms with Gasteiger partial charge in [-0.15, -0.1) is 0 Å². The molecule has 1 aliphatic heterocycles. The number of aliphatic hydroxyl groups is 1. The van der Waals surface area contributed by atoms with Gasteiger partial charge in [-0.3, -0.25) is 9.59 Å². The lowest BCUT2D eigenvalue weighted by molar-refractivity contribution is -0.140. The van der Waals surface area contributed by atoms with Gasteiger partial charge in [0.25, 0.3) is 11.7 Å². The molecule has 0 saturated carbocycles. The number of benzene rings is 2. The molecule has 1 heterocycles. The Morgan fingerprint density at radius 1 is 1.03 bits per heavy atom. The molecule has 0 unspecified atom stereocenters. The van der Waals surface area contributed by atoms with Crippen molar-refractivity contribution >= 4 is 17.4 Å². The average Bonchev–Trinajstić information content (AvgIpc) is 3.09. The lowest BCUT2D eigenvalue weighted by Crippen LogP contribution is -2.38. The molecule has 1 fully saturated rings. The van der Waals surface area contributed by atoms with E-state index in [0.29, 0.717) is 36.8 Å². The average molecular weight is 467 g/mol. The summed E-state index contributed by atoms with van der Waals surface area (Å²) in [6.07, 6.45) is 0. The van der Waals surface area contributed by atoms with Crippen LogP contribution in [-0.2, 0) is 9.59 Å². The first-order chi connectivity index (χ1) is 16.4. The second-order valence-corrected chi connectivity index (χ2v) is 8.20. The van der Waals surface area contributed by atoms with E-state index in [-0.39, 0.29) is 11.3 Å². The van der Waals surface area contributed by atoms with Crippen LogP contribution in [0.4, 0.5) is 0 Å². The number of Topliss-reactive ketones (excluding diaryl/α,β-unsaturated/α-hetero) is 1. The van der Waals surface area contributed by atoms with Crippen molar-refractivity contribution in [2.75, 3.05) is 39.9 Å². The summed E-state index contributed by atoms with van der Waals surface area (Å²) >= 11 is 0. The Kier molecular flexibility index (Phi) is 8.34. The molecular weight excluding hydrogens is 432 g/mol. The molecule has 0 aliphatic carbocycles. The van der Waals surface area contributed by atoms with Gasteiger partial charge < -0.3 is 24.4 Å². The highest BCUT2D eigenvalue weighted by atomic mass is 16.5. The molecule has 0 radical (unpaired) electrons. The number of hydrogen-bond donors (Lipinski definition) is 1. The van der Waals surface area contributed by atoms with Crippen molar-refractivity contribution in [2.45, 2.75) is 33.7 Å². The summed E-state index contributed by atoms with van der Waals surface area (Å²) in [5.41, 5.74) is 2.10. The number of carbonyl (C=O) groups excluding carboxylic acids is 2. The van der Waals surface area contributed by atoms with Gasteiger partial charge in [0.2, 0.25) is 0 Å². The van der Waals surface area contributed by atoms with Gasteiger partial charge in [0.1, 0.15) is 17.3 Å². The highest BCUT2D eigenvalue weighted by molar-refractivity contribution is 6.46. The van der Waals surface area contributed by atoms with Gasteiger partial charge in [-0.25, -0.2) is 0 Å². The minimum atomic E-state index is -0.688. The highest BCUT2D eigenvalue weighted by Crippen LogP contribution is 2.40. The first kappa shape index (κ1) is 25.3. The molecule has 182 valence electrons. The van der Waals surface area contributed by atoms with Crippen LogP contribution in [0, 0.1) is 6.92 Å². The van der Waals surface area contributed by atoms with Gasteiger partial charge in [-0.2, -0.15) is 0 Å². The fourth-order valence-electron chi connectivity index (χ4n) is 4.34. The number of aliphatic hydroxyl groups excluding tert-OH is 1. The second-order valence-electron chi connectivity index (χ2n) is 8.20. The van der Waals surface area contributed by atoms with Gasteiger partial charge in [0.15, 0.2) is 0 Å². The standard InChI is InChI=1S/C27H34N2O5/c1-6-28(7-2)15-16-29-24(19-9-11-20(33-5)12-10-19)23(26(31)27(29)32)25(30)22-14-13-21(34-8-3)17-18(22)4/h9-14,17,24,30H,6-8,15-16H2,1-5H3/t24-/m1/s1. The lowest BCUT2D eigenvalue weighted by atomic mass is 9.94. The number of likely N-dealkylation sites (tertiary alicyclic amines) is 1. The summed E-state index contributed by atoms with van der Waals surface area (Å²) in [5, 5.41) is 11.3. The number of hydrogen-bond acceptors (Lipinski definition) is 6. The summed E-state index contributed by atoms with van der Waals surface area (Å²) in [4.78, 5) is 30.1. The van der Waals surface area contributed by atoms with Crippen LogP contribution in [0.3, 0.4) is 0 Å². The minimum absolute atomic E-state index is 0.0990. The van der Waals surface area contributed by atoms with Crippen molar-refractivity contribution in [2.24, 2.45) is 0 Å². The summed E-state index contributed by atoms with van der Waals surface area (Å²) in [5.74, 6) is -0.0940. The maximum atomic E-state index is 13.2. The van der Waals surface area contributed by atoms with Crippen molar-refractivity contribution in [3.63, 3.8) is 0 Å². The number of amides is 1. The second kappa shape index (κ2) is 11.2. The smallest absolute Gasteiger partial charge is 0.295 e. The van der Waals surface area contributed by atoms with E-state index in [2.05, 4.69) is 18.7 Å². The van der Waals surface area contributed by atoms with E-state index in [4.69, 9.17) is 9.47 Å². The summed E-state index contributed by atoms with van der Waals surface area (Å²) < 4.78 is 10.8. The molecule has 2 aromatic carbocycles. The maximum Gasteiger partial charge on any atom is 0.295 e. The highest BCUT2D eigenvalue weighted by Gasteiger charge is 2.46. The number of ether oxygens (including phenoxy) is 2. The zero-order valence-corrected chi connectivity index (χ0v) is 20.6. The van der Waals surface area contributed by atoms with Gasteiger partial charge in [-0.1, -0.05) is 26.0 Å².